The minimum absolute atomic E-state index is 0.0900. The molecule has 2 rings (SSSR count). The number of aromatic nitrogens is 1. The van der Waals surface area contributed by atoms with Crippen molar-refractivity contribution in [3.05, 3.63) is 59.8 Å². The number of aliphatic hydroxyl groups is 1. The zero-order chi connectivity index (χ0) is 16.7. The predicted octanol–water partition coefficient (Wildman–Crippen LogP) is 2.61. The molecule has 2 N–H and O–H groups in total. The maximum atomic E-state index is 12.0. The molecule has 5 heteroatoms. The summed E-state index contributed by atoms with van der Waals surface area (Å²) in [6.45, 7) is 4.33. The standard InChI is InChI=1S/C18H22N2O3/c1-3-13(2)23-16-11-14(9-10-19-16)12-20-18(22)17(21)15-7-5-4-6-8-15/h4-11,13,17,21H,3,12H2,1-2H3,(H,20,22). The van der Waals surface area contributed by atoms with Crippen LogP contribution in [-0.2, 0) is 11.3 Å². The number of pyridine rings is 1. The molecule has 0 fully saturated rings. The number of aliphatic hydroxyl groups excluding tert-OH is 1. The Morgan fingerprint density at radius 2 is 2.04 bits per heavy atom. The van der Waals surface area contributed by atoms with E-state index in [2.05, 4.69) is 10.3 Å². The summed E-state index contributed by atoms with van der Waals surface area (Å²) in [6, 6.07) is 12.4. The Morgan fingerprint density at radius 3 is 2.74 bits per heavy atom. The van der Waals surface area contributed by atoms with E-state index in [9.17, 15) is 9.90 Å². The summed E-state index contributed by atoms with van der Waals surface area (Å²) in [7, 11) is 0. The first-order valence-corrected chi connectivity index (χ1v) is 7.72. The number of benzene rings is 1. The van der Waals surface area contributed by atoms with Crippen LogP contribution in [0.15, 0.2) is 48.7 Å². The number of ether oxygens (including phenoxy) is 1. The molecule has 2 aromatic rings. The normalized spacial score (nSPS) is 13.2. The summed E-state index contributed by atoms with van der Waals surface area (Å²) < 4.78 is 5.65. The van der Waals surface area contributed by atoms with Gasteiger partial charge < -0.3 is 15.2 Å². The predicted molar refractivity (Wildman–Crippen MR) is 87.9 cm³/mol. The SMILES string of the molecule is CCC(C)Oc1cc(CNC(=O)C(O)c2ccccc2)ccn1. The highest BCUT2D eigenvalue weighted by Gasteiger charge is 2.16. The van der Waals surface area contributed by atoms with Gasteiger partial charge in [-0.1, -0.05) is 37.3 Å². The van der Waals surface area contributed by atoms with Gasteiger partial charge in [-0.3, -0.25) is 4.79 Å². The highest BCUT2D eigenvalue weighted by molar-refractivity contribution is 5.81. The topological polar surface area (TPSA) is 71.5 Å². The molecule has 0 aliphatic rings. The Bertz CT molecular complexity index is 631. The van der Waals surface area contributed by atoms with Gasteiger partial charge in [-0.2, -0.15) is 0 Å². The molecular formula is C18H22N2O3. The van der Waals surface area contributed by atoms with Crippen LogP contribution < -0.4 is 10.1 Å². The zero-order valence-corrected chi connectivity index (χ0v) is 13.4. The summed E-state index contributed by atoms with van der Waals surface area (Å²) in [6.07, 6.45) is 1.46. The van der Waals surface area contributed by atoms with E-state index in [1.807, 2.05) is 19.9 Å². The summed E-state index contributed by atoms with van der Waals surface area (Å²) in [4.78, 5) is 16.2. The molecule has 0 saturated carbocycles. The Morgan fingerprint density at radius 1 is 1.30 bits per heavy atom. The van der Waals surface area contributed by atoms with Crippen LogP contribution in [0.2, 0.25) is 0 Å². The van der Waals surface area contributed by atoms with Crippen LogP contribution in [0.4, 0.5) is 0 Å². The van der Waals surface area contributed by atoms with Gasteiger partial charge in [0.1, 0.15) is 0 Å². The van der Waals surface area contributed by atoms with Crippen LogP contribution in [0.25, 0.3) is 0 Å². The molecule has 0 bridgehead atoms. The molecule has 0 radical (unpaired) electrons. The number of rotatable bonds is 7. The number of carbonyl (C=O) groups excluding carboxylic acids is 1. The van der Waals surface area contributed by atoms with Crippen molar-refractivity contribution in [2.24, 2.45) is 0 Å². The van der Waals surface area contributed by atoms with Crippen molar-refractivity contribution in [2.45, 2.75) is 39.0 Å². The van der Waals surface area contributed by atoms with Crippen LogP contribution in [-0.4, -0.2) is 22.1 Å². The number of nitrogens with zero attached hydrogens (tertiary/aromatic N) is 1. The fourth-order valence-electron chi connectivity index (χ4n) is 1.99. The van der Waals surface area contributed by atoms with E-state index in [1.165, 1.54) is 0 Å². The molecule has 122 valence electrons. The monoisotopic (exact) mass is 314 g/mol. The lowest BCUT2D eigenvalue weighted by molar-refractivity contribution is -0.129. The second kappa shape index (κ2) is 8.29. The van der Waals surface area contributed by atoms with E-state index in [1.54, 1.807) is 42.6 Å². The Hall–Kier alpha value is -2.40. The molecule has 1 amide bonds. The van der Waals surface area contributed by atoms with Crippen molar-refractivity contribution < 1.29 is 14.6 Å². The van der Waals surface area contributed by atoms with E-state index >= 15 is 0 Å². The third kappa shape index (κ3) is 5.07. The first kappa shape index (κ1) is 17.0. The number of hydrogen-bond acceptors (Lipinski definition) is 4. The molecule has 1 heterocycles. The lowest BCUT2D eigenvalue weighted by atomic mass is 10.1. The molecule has 1 aromatic heterocycles. The minimum Gasteiger partial charge on any atom is -0.475 e. The first-order valence-electron chi connectivity index (χ1n) is 7.72. The van der Waals surface area contributed by atoms with Gasteiger partial charge in [-0.05, 0) is 30.5 Å². The molecule has 2 atom stereocenters. The Balaban J connectivity index is 1.92. The summed E-state index contributed by atoms with van der Waals surface area (Å²) in [5.74, 6) is 0.104. The zero-order valence-electron chi connectivity index (χ0n) is 13.4. The van der Waals surface area contributed by atoms with Gasteiger partial charge in [0.2, 0.25) is 5.88 Å². The highest BCUT2D eigenvalue weighted by atomic mass is 16.5. The molecule has 0 aliphatic carbocycles. The van der Waals surface area contributed by atoms with Gasteiger partial charge in [0, 0.05) is 18.8 Å². The van der Waals surface area contributed by atoms with Crippen LogP contribution in [0, 0.1) is 0 Å². The maximum absolute atomic E-state index is 12.0. The van der Waals surface area contributed by atoms with E-state index in [0.29, 0.717) is 18.0 Å². The molecule has 23 heavy (non-hydrogen) atoms. The molecular weight excluding hydrogens is 292 g/mol. The summed E-state index contributed by atoms with van der Waals surface area (Å²) in [5.41, 5.74) is 1.44. The lowest BCUT2D eigenvalue weighted by Gasteiger charge is -2.14. The van der Waals surface area contributed by atoms with Gasteiger partial charge >= 0.3 is 0 Å². The Labute approximate surface area is 136 Å². The number of carbonyl (C=O) groups is 1. The quantitative estimate of drug-likeness (QED) is 0.824. The van der Waals surface area contributed by atoms with Gasteiger partial charge in [-0.25, -0.2) is 4.98 Å². The van der Waals surface area contributed by atoms with Crippen molar-refractivity contribution >= 4 is 5.91 Å². The fraction of sp³-hybridized carbons (Fsp3) is 0.333. The fourth-order valence-corrected chi connectivity index (χ4v) is 1.99. The van der Waals surface area contributed by atoms with Crippen molar-refractivity contribution in [1.29, 1.82) is 0 Å². The molecule has 1 aromatic carbocycles. The van der Waals surface area contributed by atoms with Gasteiger partial charge in [-0.15, -0.1) is 0 Å². The van der Waals surface area contributed by atoms with Crippen LogP contribution >= 0.6 is 0 Å². The van der Waals surface area contributed by atoms with Crippen molar-refractivity contribution in [3.63, 3.8) is 0 Å². The smallest absolute Gasteiger partial charge is 0.253 e. The van der Waals surface area contributed by atoms with E-state index in [0.717, 1.165) is 12.0 Å². The first-order chi connectivity index (χ1) is 11.1. The van der Waals surface area contributed by atoms with Crippen LogP contribution in [0.1, 0.15) is 37.5 Å². The second-order valence-corrected chi connectivity index (χ2v) is 5.37. The van der Waals surface area contributed by atoms with E-state index in [-0.39, 0.29) is 6.10 Å². The number of hydrogen-bond donors (Lipinski definition) is 2. The van der Waals surface area contributed by atoms with E-state index in [4.69, 9.17) is 4.74 Å². The van der Waals surface area contributed by atoms with Crippen LogP contribution in [0.3, 0.4) is 0 Å². The van der Waals surface area contributed by atoms with Gasteiger partial charge in [0.25, 0.3) is 5.91 Å². The lowest BCUT2D eigenvalue weighted by Crippen LogP contribution is -2.28. The minimum atomic E-state index is -1.17. The molecule has 0 saturated heterocycles. The maximum Gasteiger partial charge on any atom is 0.253 e. The van der Waals surface area contributed by atoms with Gasteiger partial charge in [0.05, 0.1) is 6.10 Å². The largest absolute Gasteiger partial charge is 0.475 e. The average molecular weight is 314 g/mol. The third-order valence-electron chi connectivity index (χ3n) is 3.53. The summed E-state index contributed by atoms with van der Waals surface area (Å²) >= 11 is 0. The van der Waals surface area contributed by atoms with Crippen molar-refractivity contribution in [1.82, 2.24) is 10.3 Å². The van der Waals surface area contributed by atoms with Crippen molar-refractivity contribution in [3.8, 4) is 5.88 Å². The van der Waals surface area contributed by atoms with E-state index < -0.39 is 12.0 Å². The van der Waals surface area contributed by atoms with Crippen LogP contribution in [0.5, 0.6) is 5.88 Å². The number of amides is 1. The molecule has 0 aliphatic heterocycles. The molecule has 0 spiro atoms. The third-order valence-corrected chi connectivity index (χ3v) is 3.53. The average Bonchev–Trinajstić information content (AvgIpc) is 2.60. The highest BCUT2D eigenvalue weighted by Crippen LogP contribution is 2.14. The second-order valence-electron chi connectivity index (χ2n) is 5.37. The molecule has 5 nitrogen and oxygen atoms in total. The molecule has 2 unspecified atom stereocenters. The summed E-state index contributed by atoms with van der Waals surface area (Å²) in [5, 5.41) is 12.7. The van der Waals surface area contributed by atoms with Gasteiger partial charge in [0.15, 0.2) is 6.10 Å². The number of nitrogens with one attached hydrogen (secondary N) is 1. The van der Waals surface area contributed by atoms with Crippen molar-refractivity contribution in [2.75, 3.05) is 0 Å². The Kier molecular flexibility index (Phi) is 6.11.